The van der Waals surface area contributed by atoms with Crippen LogP contribution in [0.5, 0.6) is 0 Å². The molecule has 116 valence electrons. The predicted molar refractivity (Wildman–Crippen MR) is 70.3 cm³/mol. The molecule has 0 saturated carbocycles. The van der Waals surface area contributed by atoms with Gasteiger partial charge in [-0.15, -0.1) is 0 Å². The number of nitrogens with one attached hydrogen (secondary N) is 1. The molecule has 0 aliphatic rings. The Morgan fingerprint density at radius 3 is 2.25 bits per heavy atom. The van der Waals surface area contributed by atoms with Gasteiger partial charge >= 0.3 is 12.3 Å². The lowest BCUT2D eigenvalue weighted by molar-refractivity contribution is -0.0699. The zero-order valence-corrected chi connectivity index (χ0v) is 12.2. The first-order valence-electron chi connectivity index (χ1n) is 5.86. The highest BCUT2D eigenvalue weighted by atomic mass is 19.4. The molecule has 0 rings (SSSR count). The first kappa shape index (κ1) is 18.3. The van der Waals surface area contributed by atoms with Crippen LogP contribution >= 0.6 is 0 Å². The Bertz CT molecular complexity index is 386. The van der Waals surface area contributed by atoms with Gasteiger partial charge in [0.15, 0.2) is 0 Å². The Balaban J connectivity index is 4.84. The van der Waals surface area contributed by atoms with Crippen molar-refractivity contribution in [3.8, 4) is 0 Å². The second-order valence-corrected chi connectivity index (χ2v) is 5.07. The topological polar surface area (TPSA) is 53.9 Å². The summed E-state index contributed by atoms with van der Waals surface area (Å²) in [5, 5.41) is 2.30. The van der Waals surface area contributed by atoms with Crippen molar-refractivity contribution >= 4 is 11.9 Å². The van der Waals surface area contributed by atoms with Crippen molar-refractivity contribution in [3.05, 3.63) is 12.8 Å². The van der Waals surface area contributed by atoms with Gasteiger partial charge < -0.3 is 15.0 Å². The summed E-state index contributed by atoms with van der Waals surface area (Å²) in [7, 11) is 1.16. The van der Waals surface area contributed by atoms with Crippen LogP contribution in [0, 0.1) is 0 Å². The number of amidine groups is 1. The molecule has 0 aromatic heterocycles. The number of nitrogens with zero attached hydrogens (tertiary/aromatic N) is 2. The van der Waals surface area contributed by atoms with Crippen LogP contribution in [-0.4, -0.2) is 41.8 Å². The fourth-order valence-corrected chi connectivity index (χ4v) is 1.21. The molecule has 1 amide bonds. The number of ether oxygens (including phenoxy) is 1. The van der Waals surface area contributed by atoms with Crippen molar-refractivity contribution in [2.75, 3.05) is 7.05 Å². The molecule has 0 aliphatic heterocycles. The molecule has 1 unspecified atom stereocenters. The Kier molecular flexibility index (Phi) is 6.05. The number of hydrogen-bond acceptors (Lipinski definition) is 3. The molecule has 20 heavy (non-hydrogen) atoms. The van der Waals surface area contributed by atoms with Crippen LogP contribution in [0.1, 0.15) is 27.7 Å². The van der Waals surface area contributed by atoms with Crippen LogP contribution in [0.4, 0.5) is 18.0 Å². The van der Waals surface area contributed by atoms with Gasteiger partial charge in [0.1, 0.15) is 11.8 Å². The highest BCUT2D eigenvalue weighted by Crippen LogP contribution is 2.20. The van der Waals surface area contributed by atoms with Crippen molar-refractivity contribution in [3.63, 3.8) is 0 Å². The lowest BCUT2D eigenvalue weighted by Gasteiger charge is -2.30. The predicted octanol–water partition coefficient (Wildman–Crippen LogP) is 2.89. The van der Waals surface area contributed by atoms with E-state index in [1.54, 1.807) is 20.8 Å². The third kappa shape index (κ3) is 6.44. The fraction of sp³-hybridized carbons (Fsp3) is 0.667. The van der Waals surface area contributed by atoms with E-state index in [1.807, 2.05) is 0 Å². The van der Waals surface area contributed by atoms with Gasteiger partial charge in [-0.25, -0.2) is 9.79 Å². The van der Waals surface area contributed by atoms with Crippen LogP contribution < -0.4 is 5.32 Å². The molecule has 0 aromatic rings. The molecule has 8 heteroatoms. The van der Waals surface area contributed by atoms with E-state index >= 15 is 0 Å². The zero-order chi connectivity index (χ0) is 16.1. The minimum Gasteiger partial charge on any atom is -0.444 e. The minimum atomic E-state index is -4.65. The van der Waals surface area contributed by atoms with E-state index in [4.69, 9.17) is 4.74 Å². The smallest absolute Gasteiger partial charge is 0.444 e. The Hall–Kier alpha value is -1.73. The molecule has 0 saturated heterocycles. The van der Waals surface area contributed by atoms with Gasteiger partial charge in [0.05, 0.1) is 0 Å². The average molecular weight is 295 g/mol. The van der Waals surface area contributed by atoms with E-state index in [2.05, 4.69) is 16.9 Å². The molecular formula is C12H20F3N3O2. The van der Waals surface area contributed by atoms with Crippen LogP contribution in [0.15, 0.2) is 17.8 Å². The first-order valence-corrected chi connectivity index (χ1v) is 5.86. The number of carbonyl (C=O) groups is 1. The number of amides is 1. The van der Waals surface area contributed by atoms with E-state index in [9.17, 15) is 18.0 Å². The van der Waals surface area contributed by atoms with E-state index in [1.165, 1.54) is 6.92 Å². The van der Waals surface area contributed by atoms with Gasteiger partial charge in [-0.1, -0.05) is 6.58 Å². The molecule has 0 heterocycles. The highest BCUT2D eigenvalue weighted by molar-refractivity contribution is 5.88. The van der Waals surface area contributed by atoms with Gasteiger partial charge in [-0.3, -0.25) is 0 Å². The molecule has 0 spiro atoms. The first-order chi connectivity index (χ1) is 8.88. The Morgan fingerprint density at radius 2 is 1.90 bits per heavy atom. The maximum absolute atomic E-state index is 12.8. The maximum Gasteiger partial charge on any atom is 0.449 e. The van der Waals surface area contributed by atoms with Crippen LogP contribution in [0.2, 0.25) is 0 Å². The average Bonchev–Trinajstić information content (AvgIpc) is 2.20. The highest BCUT2D eigenvalue weighted by Gasteiger charge is 2.40. The van der Waals surface area contributed by atoms with Crippen LogP contribution in [0.25, 0.3) is 0 Å². The molecule has 1 atom stereocenters. The summed E-state index contributed by atoms with van der Waals surface area (Å²) in [6, 6.07) is 0. The van der Waals surface area contributed by atoms with Crippen molar-refractivity contribution < 1.29 is 22.7 Å². The number of halogens is 3. The molecule has 0 radical (unpaired) electrons. The minimum absolute atomic E-state index is 0.732. The van der Waals surface area contributed by atoms with Crippen LogP contribution in [-0.2, 0) is 4.74 Å². The number of carbonyl (C=O) groups excluding carboxylic acids is 1. The van der Waals surface area contributed by atoms with Gasteiger partial charge in [0.2, 0.25) is 5.84 Å². The van der Waals surface area contributed by atoms with Crippen molar-refractivity contribution in [2.45, 2.75) is 45.6 Å². The number of rotatable bonds is 3. The summed E-state index contributed by atoms with van der Waals surface area (Å²) in [6.45, 7) is 9.48. The molecule has 5 nitrogen and oxygen atoms in total. The molecule has 0 aliphatic carbocycles. The van der Waals surface area contributed by atoms with Crippen molar-refractivity contribution in [1.82, 2.24) is 10.2 Å². The largest absolute Gasteiger partial charge is 0.449 e. The Morgan fingerprint density at radius 1 is 1.40 bits per heavy atom. The SMILES string of the molecule is C=CN=C(N(C)C(C)NC(=O)OC(C)(C)C)C(F)(F)F. The molecular weight excluding hydrogens is 275 g/mol. The second kappa shape index (κ2) is 6.62. The van der Waals surface area contributed by atoms with Crippen molar-refractivity contribution in [2.24, 2.45) is 4.99 Å². The number of hydrogen-bond donors (Lipinski definition) is 1. The summed E-state index contributed by atoms with van der Waals surface area (Å²) in [4.78, 5) is 15.5. The molecule has 1 N–H and O–H groups in total. The van der Waals surface area contributed by atoms with Crippen molar-refractivity contribution in [1.29, 1.82) is 0 Å². The second-order valence-electron chi connectivity index (χ2n) is 5.07. The third-order valence-corrected chi connectivity index (χ3v) is 2.11. The molecule has 0 bridgehead atoms. The van der Waals surface area contributed by atoms with Crippen LogP contribution in [0.3, 0.4) is 0 Å². The lowest BCUT2D eigenvalue weighted by atomic mass is 10.2. The summed E-state index contributed by atoms with van der Waals surface area (Å²) in [5.74, 6) is -1.16. The standard InChI is InChI=1S/C12H20F3N3O2/c1-7-16-9(12(13,14)15)18(6)8(2)17-10(19)20-11(3,4)5/h7-8H,1H2,2-6H3,(H,17,19). The quantitative estimate of drug-likeness (QED) is 0.495. The summed E-state index contributed by atoms with van der Waals surface area (Å²) in [6.07, 6.45) is -5.62. The molecule has 0 fully saturated rings. The zero-order valence-electron chi connectivity index (χ0n) is 12.2. The normalized spacial score (nSPS) is 14.5. The van der Waals surface area contributed by atoms with E-state index in [0.717, 1.165) is 18.1 Å². The van der Waals surface area contributed by atoms with Gasteiger partial charge in [0.25, 0.3) is 0 Å². The lowest BCUT2D eigenvalue weighted by Crippen LogP contribution is -2.52. The fourth-order valence-electron chi connectivity index (χ4n) is 1.21. The summed E-state index contributed by atoms with van der Waals surface area (Å²) >= 11 is 0. The summed E-state index contributed by atoms with van der Waals surface area (Å²) in [5.41, 5.74) is -0.732. The monoisotopic (exact) mass is 295 g/mol. The van der Waals surface area contributed by atoms with Gasteiger partial charge in [-0.2, -0.15) is 13.2 Å². The number of alkyl halides is 3. The number of aliphatic imine (C=N–C) groups is 1. The number of alkyl carbamates (subject to hydrolysis) is 1. The molecule has 0 aromatic carbocycles. The maximum atomic E-state index is 12.8. The van der Waals surface area contributed by atoms with E-state index in [0.29, 0.717) is 0 Å². The van der Waals surface area contributed by atoms with Gasteiger partial charge in [0, 0.05) is 13.2 Å². The van der Waals surface area contributed by atoms with E-state index < -0.39 is 29.9 Å². The van der Waals surface area contributed by atoms with Gasteiger partial charge in [-0.05, 0) is 27.7 Å². The van der Waals surface area contributed by atoms with E-state index in [-0.39, 0.29) is 0 Å². The Labute approximate surface area is 116 Å². The third-order valence-electron chi connectivity index (χ3n) is 2.11. The summed E-state index contributed by atoms with van der Waals surface area (Å²) < 4.78 is 43.3.